The number of methoxy groups -OCH3 is 1. The smallest absolute Gasteiger partial charge is 0.744 e. The van der Waals surface area contributed by atoms with Crippen LogP contribution in [0.5, 0.6) is 0 Å². The maximum atomic E-state index is 11.0. The molecule has 0 spiro atoms. The topological polar surface area (TPSA) is 210 Å². The molecule has 13 heteroatoms. The van der Waals surface area contributed by atoms with Crippen LogP contribution < -0.4 is 0 Å². The molecule has 0 aliphatic carbocycles. The molecule has 155 valence electrons. The van der Waals surface area contributed by atoms with E-state index in [2.05, 4.69) is 20.2 Å². The summed E-state index contributed by atoms with van der Waals surface area (Å²) in [5.41, 5.74) is 3.47. The summed E-state index contributed by atoms with van der Waals surface area (Å²) in [5, 5.41) is 27.6. The number of nitrogens with zero attached hydrogens (tertiary/aromatic N) is 5. The molecule has 0 saturated heterocycles. The molecule has 11 nitrogen and oxygen atoms in total. The van der Waals surface area contributed by atoms with Crippen LogP contribution in [-0.4, -0.2) is 36.7 Å². The van der Waals surface area contributed by atoms with Crippen molar-refractivity contribution >= 4 is 27.4 Å². The molecule has 0 aliphatic rings. The van der Waals surface area contributed by atoms with Crippen LogP contribution in [0.25, 0.3) is 5.43 Å². The molecule has 1 heterocycles. The monoisotopic (exact) mass is 466 g/mol. The molecule has 29 heavy (non-hydrogen) atoms. The van der Waals surface area contributed by atoms with E-state index in [0.717, 1.165) is 6.07 Å². The molecule has 0 atom stereocenters. The summed E-state index contributed by atoms with van der Waals surface area (Å²) in [6, 6.07) is 12.0. The fourth-order valence-electron chi connectivity index (χ4n) is 1.50. The number of pyridine rings is 1. The van der Waals surface area contributed by atoms with Gasteiger partial charge in [0, 0.05) is 17.3 Å². The van der Waals surface area contributed by atoms with Crippen LogP contribution in [-0.2, 0) is 37.4 Å². The first-order valence-electron chi connectivity index (χ1n) is 7.00. The Labute approximate surface area is 177 Å². The zero-order valence-corrected chi connectivity index (χ0v) is 16.5. The van der Waals surface area contributed by atoms with Crippen molar-refractivity contribution in [3.8, 4) is 12.1 Å². The predicted octanol–water partition coefficient (Wildman–Crippen LogP) is 1.13. The molecule has 2 rings (SSSR count). The maximum absolute atomic E-state index is 11.0. The van der Waals surface area contributed by atoms with Gasteiger partial charge in [-0.15, -0.1) is 5.69 Å². The van der Waals surface area contributed by atoms with Crippen molar-refractivity contribution in [2.75, 3.05) is 7.11 Å². The van der Waals surface area contributed by atoms with Crippen molar-refractivity contribution < 1.29 is 40.3 Å². The number of rotatable bonds is 4. The van der Waals surface area contributed by atoms with Crippen LogP contribution in [0.2, 0.25) is 0 Å². The average Bonchev–Trinajstić information content (AvgIpc) is 2.68. The quantitative estimate of drug-likeness (QED) is 0.173. The molecule has 0 amide bonds. The summed E-state index contributed by atoms with van der Waals surface area (Å²) in [7, 11) is -3.52. The number of hydrogen-bond donors (Lipinski definition) is 1. The molecule has 2 aromatic rings. The van der Waals surface area contributed by atoms with Gasteiger partial charge < -0.3 is 25.3 Å². The van der Waals surface area contributed by atoms with E-state index in [4.69, 9.17) is 15.9 Å². The Kier molecular flexibility index (Phi) is 13.3. The van der Waals surface area contributed by atoms with E-state index < -0.39 is 26.6 Å². The van der Waals surface area contributed by atoms with Crippen LogP contribution in [0.15, 0.2) is 58.8 Å². The van der Waals surface area contributed by atoms with Gasteiger partial charge in [0.15, 0.2) is 5.71 Å². The predicted molar refractivity (Wildman–Crippen MR) is 99.0 cm³/mol. The fraction of sp³-hybridized carbons (Fsp3) is 0.0625. The van der Waals surface area contributed by atoms with Gasteiger partial charge in [-0.25, -0.2) is 8.42 Å². The Morgan fingerprint density at radius 2 is 1.83 bits per heavy atom. The van der Waals surface area contributed by atoms with Crippen LogP contribution in [0.3, 0.4) is 0 Å². The molecule has 1 radical (unpaired) electrons. The van der Waals surface area contributed by atoms with Crippen molar-refractivity contribution in [1.82, 2.24) is 4.98 Å². The fourth-order valence-corrected chi connectivity index (χ4v) is 2.11. The zero-order chi connectivity index (χ0) is 20.3. The first-order chi connectivity index (χ1) is 12.8. The Bertz CT molecular complexity index is 1020. The third-order valence-corrected chi connectivity index (χ3v) is 3.61. The normalized spacial score (nSPS) is 9.72. The minimum atomic E-state index is -4.69. The molecule has 1 aromatic carbocycles. The van der Waals surface area contributed by atoms with Gasteiger partial charge in [-0.2, -0.15) is 10.5 Å². The van der Waals surface area contributed by atoms with E-state index in [9.17, 15) is 13.0 Å². The first-order valence-corrected chi connectivity index (χ1v) is 8.41. The van der Waals surface area contributed by atoms with Gasteiger partial charge in [-0.05, 0) is 18.2 Å². The van der Waals surface area contributed by atoms with Crippen molar-refractivity contribution in [3.05, 3.63) is 59.8 Å². The van der Waals surface area contributed by atoms with Crippen molar-refractivity contribution in [2.24, 2.45) is 5.10 Å². The van der Waals surface area contributed by atoms with Crippen LogP contribution in [0.4, 0.5) is 5.69 Å². The number of hydrogen-bond acceptors (Lipinski definition) is 9. The average molecular weight is 467 g/mol. The Morgan fingerprint density at radius 1 is 1.24 bits per heavy atom. The van der Waals surface area contributed by atoms with Crippen LogP contribution in [0.1, 0.15) is 5.56 Å². The van der Waals surface area contributed by atoms with Gasteiger partial charge in [0.25, 0.3) is 0 Å². The SMILES string of the molecule is COC(=N)/C(C#N)=N\[N-]c1ccccc1S(=O)(=O)[O-].N#Cc1ccncc1.[Cu+2].[OH3+]. The molecular weight excluding hydrogens is 452 g/mol. The number of nitrogens with one attached hydrogen (secondary N) is 1. The number of benzene rings is 1. The van der Waals surface area contributed by atoms with Crippen molar-refractivity contribution in [3.63, 3.8) is 0 Å². The van der Waals surface area contributed by atoms with Gasteiger partial charge in [-0.3, -0.25) is 10.4 Å². The molecule has 0 fully saturated rings. The van der Waals surface area contributed by atoms with E-state index >= 15 is 0 Å². The number of nitriles is 2. The largest absolute Gasteiger partial charge is 2.00 e. The van der Waals surface area contributed by atoms with Gasteiger partial charge in [0.1, 0.15) is 16.2 Å². The van der Waals surface area contributed by atoms with E-state index in [1.54, 1.807) is 30.6 Å². The summed E-state index contributed by atoms with van der Waals surface area (Å²) in [6.45, 7) is 0. The second-order valence-electron chi connectivity index (χ2n) is 4.46. The summed E-state index contributed by atoms with van der Waals surface area (Å²) >= 11 is 0. The van der Waals surface area contributed by atoms with E-state index in [0.29, 0.717) is 5.56 Å². The molecule has 0 saturated carbocycles. The molecule has 0 bridgehead atoms. The Morgan fingerprint density at radius 3 is 2.28 bits per heavy atom. The minimum absolute atomic E-state index is 0. The van der Waals surface area contributed by atoms with Gasteiger partial charge in [0.2, 0.25) is 5.90 Å². The van der Waals surface area contributed by atoms with E-state index in [1.165, 1.54) is 25.3 Å². The summed E-state index contributed by atoms with van der Waals surface area (Å²) < 4.78 is 37.4. The number of aromatic nitrogens is 1. The standard InChI is InChI=1S/C10H9N4O4S.C6H4N2.Cu.H2O/c1-18-10(12)8(6-11)14-13-7-4-2-3-5-9(7)19(15,16)17;7-5-6-1-3-8-4-2-6;;/h2-5,12H,1H3,(H,15,16,17);1-4H;;1H2/q-1;;+2;/b12-10?,14-8-;;;. The Balaban J connectivity index is 0. The second kappa shape index (κ2) is 13.8. The van der Waals surface area contributed by atoms with Crippen LogP contribution >= 0.6 is 0 Å². The molecule has 4 N–H and O–H groups in total. The molecule has 1 aromatic heterocycles. The third-order valence-electron chi connectivity index (χ3n) is 2.73. The number of ether oxygens (including phenoxy) is 1. The first kappa shape index (κ1) is 27.9. The zero-order valence-electron chi connectivity index (χ0n) is 14.8. The summed E-state index contributed by atoms with van der Waals surface area (Å²) in [6.07, 6.45) is 3.19. The van der Waals surface area contributed by atoms with Gasteiger partial charge >= 0.3 is 17.1 Å². The summed E-state index contributed by atoms with van der Waals surface area (Å²) in [4.78, 5) is 3.19. The van der Waals surface area contributed by atoms with Gasteiger partial charge in [0.05, 0.1) is 18.7 Å². The Hall–Kier alpha value is -3.32. The van der Waals surface area contributed by atoms with Crippen LogP contribution in [0, 0.1) is 28.1 Å². The molecular formula is C16H15CuN6O5S+. The van der Waals surface area contributed by atoms with Gasteiger partial charge in [-0.1, -0.05) is 18.2 Å². The minimum Gasteiger partial charge on any atom is -0.744 e. The molecule has 0 aliphatic heterocycles. The van der Waals surface area contributed by atoms with E-state index in [-0.39, 0.29) is 28.2 Å². The van der Waals surface area contributed by atoms with Crippen molar-refractivity contribution in [2.45, 2.75) is 4.90 Å². The second-order valence-corrected chi connectivity index (χ2v) is 5.81. The van der Waals surface area contributed by atoms with E-state index in [1.807, 2.05) is 6.07 Å². The maximum Gasteiger partial charge on any atom is 2.00 e. The van der Waals surface area contributed by atoms with Crippen molar-refractivity contribution in [1.29, 1.82) is 15.9 Å². The molecule has 0 unspecified atom stereocenters. The summed E-state index contributed by atoms with van der Waals surface area (Å²) in [5.74, 6) is -0.520. The third kappa shape index (κ3) is 9.44.